The quantitative estimate of drug-likeness (QED) is 0.152. The SMILES string of the molecule is CCOc1cc(C=Nn2c(-c3ccccc3)nc3ccccc3c2=O)cc(I)c1OCC(=O)Nc1ccccc1F. The number of rotatable bonds is 9. The summed E-state index contributed by atoms with van der Waals surface area (Å²) in [7, 11) is 0. The minimum atomic E-state index is -0.537. The third-order valence-corrected chi connectivity index (χ3v) is 6.74. The van der Waals surface area contributed by atoms with Gasteiger partial charge in [0.2, 0.25) is 0 Å². The number of hydrogen-bond acceptors (Lipinski definition) is 6. The molecule has 41 heavy (non-hydrogen) atoms. The van der Waals surface area contributed by atoms with Gasteiger partial charge >= 0.3 is 0 Å². The topological polar surface area (TPSA) is 94.8 Å². The standard InChI is InChI=1S/C31H24FIN4O4/c1-2-40-27-17-20(16-24(33)29(27)41-19-28(38)35-26-15-9-7-13-23(26)32)18-34-37-30(21-10-4-3-5-11-21)36-25-14-8-6-12-22(25)31(37)39/h3-18H,2,19H2,1H3,(H,35,38). The molecular weight excluding hydrogens is 638 g/mol. The average Bonchev–Trinajstić information content (AvgIpc) is 2.98. The van der Waals surface area contributed by atoms with Crippen LogP contribution >= 0.6 is 22.6 Å². The second kappa shape index (κ2) is 12.7. The van der Waals surface area contributed by atoms with Gasteiger partial charge in [0, 0.05) is 5.56 Å². The zero-order valence-corrected chi connectivity index (χ0v) is 24.0. The van der Waals surface area contributed by atoms with Crippen LogP contribution in [0.4, 0.5) is 10.1 Å². The van der Waals surface area contributed by atoms with Crippen molar-refractivity contribution in [2.75, 3.05) is 18.5 Å². The molecule has 8 nitrogen and oxygen atoms in total. The van der Waals surface area contributed by atoms with E-state index >= 15 is 0 Å². The molecule has 0 unspecified atom stereocenters. The molecule has 0 fully saturated rings. The molecule has 1 aromatic heterocycles. The van der Waals surface area contributed by atoms with E-state index in [2.05, 4.69) is 33.0 Å². The maximum atomic E-state index is 13.9. The van der Waals surface area contributed by atoms with Gasteiger partial charge in [0.15, 0.2) is 23.9 Å². The molecule has 4 aromatic carbocycles. The van der Waals surface area contributed by atoms with Gasteiger partial charge in [-0.2, -0.15) is 9.78 Å². The Morgan fingerprint density at radius 2 is 1.76 bits per heavy atom. The minimum absolute atomic E-state index is 0.0701. The van der Waals surface area contributed by atoms with Gasteiger partial charge in [0.05, 0.1) is 33.0 Å². The Bertz CT molecular complexity index is 1810. The maximum absolute atomic E-state index is 13.9. The lowest BCUT2D eigenvalue weighted by atomic mass is 10.2. The van der Waals surface area contributed by atoms with E-state index < -0.39 is 11.7 Å². The van der Waals surface area contributed by atoms with Gasteiger partial charge in [-0.3, -0.25) is 9.59 Å². The lowest BCUT2D eigenvalue weighted by molar-refractivity contribution is -0.118. The van der Waals surface area contributed by atoms with E-state index in [9.17, 15) is 14.0 Å². The first-order valence-corrected chi connectivity index (χ1v) is 13.8. The highest BCUT2D eigenvalue weighted by Gasteiger charge is 2.16. The van der Waals surface area contributed by atoms with Gasteiger partial charge in [-0.1, -0.05) is 54.6 Å². The van der Waals surface area contributed by atoms with Crippen molar-refractivity contribution in [3.8, 4) is 22.9 Å². The molecule has 1 amide bonds. The van der Waals surface area contributed by atoms with Crippen molar-refractivity contribution in [3.63, 3.8) is 0 Å². The van der Waals surface area contributed by atoms with Crippen LogP contribution < -0.4 is 20.3 Å². The summed E-state index contributed by atoms with van der Waals surface area (Å²) in [5.74, 6) is 0.113. The van der Waals surface area contributed by atoms with E-state index in [1.807, 2.05) is 43.3 Å². The Morgan fingerprint density at radius 1 is 1.02 bits per heavy atom. The number of halogens is 2. The van der Waals surface area contributed by atoms with Crippen molar-refractivity contribution >= 4 is 51.3 Å². The Balaban J connectivity index is 1.45. The number of nitrogens with zero attached hydrogens (tertiary/aromatic N) is 3. The van der Waals surface area contributed by atoms with E-state index in [0.29, 0.717) is 44.0 Å². The fourth-order valence-corrected chi connectivity index (χ4v) is 4.86. The van der Waals surface area contributed by atoms with Crippen LogP contribution in [0.2, 0.25) is 0 Å². The molecule has 0 bridgehead atoms. The molecule has 0 radical (unpaired) electrons. The summed E-state index contributed by atoms with van der Waals surface area (Å²) in [4.78, 5) is 30.6. The van der Waals surface area contributed by atoms with Gasteiger partial charge in [-0.25, -0.2) is 9.37 Å². The predicted octanol–water partition coefficient (Wildman–Crippen LogP) is 6.11. The summed E-state index contributed by atoms with van der Waals surface area (Å²) in [5, 5.41) is 7.47. The van der Waals surface area contributed by atoms with Crippen molar-refractivity contribution in [2.24, 2.45) is 5.10 Å². The number of nitrogens with one attached hydrogen (secondary N) is 1. The molecule has 0 atom stereocenters. The third-order valence-electron chi connectivity index (χ3n) is 5.94. The fraction of sp³-hybridized carbons (Fsp3) is 0.0968. The van der Waals surface area contributed by atoms with Gasteiger partial charge in [0.1, 0.15) is 5.82 Å². The normalized spacial score (nSPS) is 11.1. The van der Waals surface area contributed by atoms with Crippen molar-refractivity contribution in [1.29, 1.82) is 0 Å². The Hall–Kier alpha value is -4.58. The van der Waals surface area contributed by atoms with Crippen LogP contribution in [0, 0.1) is 9.39 Å². The van der Waals surface area contributed by atoms with Gasteiger partial charge in [-0.05, 0) is 71.5 Å². The molecule has 0 saturated heterocycles. The molecule has 206 valence electrons. The fourth-order valence-electron chi connectivity index (χ4n) is 4.08. The van der Waals surface area contributed by atoms with Crippen LogP contribution in [-0.4, -0.2) is 35.0 Å². The number of hydrogen-bond donors (Lipinski definition) is 1. The van der Waals surface area contributed by atoms with Crippen molar-refractivity contribution in [3.05, 3.63) is 116 Å². The Morgan fingerprint density at radius 3 is 2.54 bits per heavy atom. The van der Waals surface area contributed by atoms with E-state index in [1.54, 1.807) is 48.7 Å². The second-order valence-electron chi connectivity index (χ2n) is 8.76. The highest BCUT2D eigenvalue weighted by molar-refractivity contribution is 14.1. The predicted molar refractivity (Wildman–Crippen MR) is 165 cm³/mol. The van der Waals surface area contributed by atoms with Crippen LogP contribution in [-0.2, 0) is 4.79 Å². The first-order valence-electron chi connectivity index (χ1n) is 12.7. The summed E-state index contributed by atoms with van der Waals surface area (Å²) < 4.78 is 27.4. The van der Waals surface area contributed by atoms with Crippen LogP contribution in [0.15, 0.2) is 101 Å². The monoisotopic (exact) mass is 662 g/mol. The van der Waals surface area contributed by atoms with Gasteiger partial charge in [0.25, 0.3) is 11.5 Å². The highest BCUT2D eigenvalue weighted by atomic mass is 127. The largest absolute Gasteiger partial charge is 0.490 e. The number of fused-ring (bicyclic) bond motifs is 1. The molecule has 1 N–H and O–H groups in total. The number of amides is 1. The minimum Gasteiger partial charge on any atom is -0.490 e. The zero-order chi connectivity index (χ0) is 28.8. The molecule has 5 rings (SSSR count). The smallest absolute Gasteiger partial charge is 0.282 e. The Kier molecular flexibility index (Phi) is 8.68. The molecule has 1 heterocycles. The molecule has 5 aromatic rings. The number of aromatic nitrogens is 2. The first kappa shape index (κ1) is 28.0. The van der Waals surface area contributed by atoms with E-state index in [-0.39, 0.29) is 17.9 Å². The highest BCUT2D eigenvalue weighted by Crippen LogP contribution is 2.34. The average molecular weight is 662 g/mol. The molecular formula is C31H24FIN4O4. The number of para-hydroxylation sites is 2. The Labute approximate surface area is 248 Å². The van der Waals surface area contributed by atoms with Crippen molar-refractivity contribution < 1.29 is 18.7 Å². The van der Waals surface area contributed by atoms with Crippen LogP contribution in [0.5, 0.6) is 11.5 Å². The maximum Gasteiger partial charge on any atom is 0.282 e. The molecule has 0 spiro atoms. The van der Waals surface area contributed by atoms with E-state index in [4.69, 9.17) is 14.5 Å². The number of benzene rings is 4. The summed E-state index contributed by atoms with van der Waals surface area (Å²) >= 11 is 2.08. The molecule has 0 aliphatic rings. The summed E-state index contributed by atoms with van der Waals surface area (Å²) in [6, 6.07) is 25.9. The van der Waals surface area contributed by atoms with Crippen molar-refractivity contribution in [1.82, 2.24) is 9.66 Å². The first-order chi connectivity index (χ1) is 19.9. The summed E-state index contributed by atoms with van der Waals surface area (Å²) in [6.45, 7) is 1.83. The number of anilines is 1. The molecule has 0 aliphatic heterocycles. The van der Waals surface area contributed by atoms with Gasteiger partial charge in [-0.15, -0.1) is 0 Å². The van der Waals surface area contributed by atoms with Crippen LogP contribution in [0.1, 0.15) is 12.5 Å². The lowest BCUT2D eigenvalue weighted by Crippen LogP contribution is -2.21. The van der Waals surface area contributed by atoms with Crippen molar-refractivity contribution in [2.45, 2.75) is 6.92 Å². The zero-order valence-electron chi connectivity index (χ0n) is 21.9. The molecule has 0 aliphatic carbocycles. The number of carbonyl (C=O) groups excluding carboxylic acids is 1. The van der Waals surface area contributed by atoms with E-state index in [0.717, 1.165) is 5.56 Å². The summed E-state index contributed by atoms with van der Waals surface area (Å²) in [6.07, 6.45) is 1.55. The number of carbonyl (C=O) groups is 1. The third kappa shape index (κ3) is 6.43. The molecule has 0 saturated carbocycles. The summed E-state index contributed by atoms with van der Waals surface area (Å²) in [5.41, 5.74) is 1.73. The van der Waals surface area contributed by atoms with E-state index in [1.165, 1.54) is 16.8 Å². The van der Waals surface area contributed by atoms with Crippen LogP contribution in [0.25, 0.3) is 22.3 Å². The number of ether oxygens (including phenoxy) is 2. The van der Waals surface area contributed by atoms with Gasteiger partial charge < -0.3 is 14.8 Å². The lowest BCUT2D eigenvalue weighted by Gasteiger charge is -2.15. The molecule has 10 heteroatoms. The van der Waals surface area contributed by atoms with Crippen LogP contribution in [0.3, 0.4) is 0 Å². The second-order valence-corrected chi connectivity index (χ2v) is 9.92.